The molecule has 11 heteroatoms. The molecule has 2 aromatic rings. The van der Waals surface area contributed by atoms with E-state index in [-0.39, 0.29) is 17.4 Å². The molecule has 11 nitrogen and oxygen atoms in total. The number of phenolic OH excluding ortho intramolecular Hbond substituents is 1. The molecule has 2 aliphatic carbocycles. The molecule has 1 aliphatic heterocycles. The largest absolute Gasteiger partial charge is 0.502 e. The van der Waals surface area contributed by atoms with Gasteiger partial charge in [-0.15, -0.1) is 0 Å². The molecule has 5 N–H and O–H groups in total. The average molecular weight is 577 g/mol. The number of aromatic hydroxyl groups is 1. The maximum Gasteiger partial charge on any atom is 0.229 e. The number of benzene rings is 2. The van der Waals surface area contributed by atoms with Gasteiger partial charge in [-0.25, -0.2) is 0 Å². The molecule has 1 saturated heterocycles. The summed E-state index contributed by atoms with van der Waals surface area (Å²) in [5.74, 6) is 3.20. The summed E-state index contributed by atoms with van der Waals surface area (Å²) < 4.78 is 33.6. The van der Waals surface area contributed by atoms with Gasteiger partial charge in [0.15, 0.2) is 23.0 Å². The number of aliphatic hydroxyl groups excluding tert-OH is 4. The second-order valence-electron chi connectivity index (χ2n) is 11.0. The van der Waals surface area contributed by atoms with Gasteiger partial charge in [-0.1, -0.05) is 0 Å². The standard InChI is InChI=1S/C30H40O11/c1-36-20-9-14(10-21(37-2)25(20)32)16-5-7-19-17(6-8-18(16)19)15-11-22(38-3)29(23(12-15)39-4)41-30-28(35)27(34)26(33)24(13-31)40-30/h9-12,16-19,24,26-28,30-35H,5-8,13H2,1-4H3. The van der Waals surface area contributed by atoms with Crippen LogP contribution in [0.4, 0.5) is 0 Å². The molecule has 0 aromatic heterocycles. The molecule has 9 atom stereocenters. The molecule has 9 unspecified atom stereocenters. The Balaban J connectivity index is 1.40. The third kappa shape index (κ3) is 5.25. The topological polar surface area (TPSA) is 157 Å². The first-order valence-electron chi connectivity index (χ1n) is 13.9. The summed E-state index contributed by atoms with van der Waals surface area (Å²) in [6, 6.07) is 7.65. The molecule has 41 heavy (non-hydrogen) atoms. The molecule has 1 heterocycles. The molecule has 0 radical (unpaired) electrons. The zero-order valence-electron chi connectivity index (χ0n) is 23.7. The van der Waals surface area contributed by atoms with Crippen LogP contribution in [0.3, 0.4) is 0 Å². The predicted octanol–water partition coefficient (Wildman–Crippen LogP) is 2.29. The van der Waals surface area contributed by atoms with E-state index >= 15 is 0 Å². The summed E-state index contributed by atoms with van der Waals surface area (Å²) in [7, 11) is 6.08. The first-order valence-corrected chi connectivity index (χ1v) is 13.9. The van der Waals surface area contributed by atoms with E-state index in [1.165, 1.54) is 28.4 Å². The van der Waals surface area contributed by atoms with Crippen molar-refractivity contribution < 1.29 is 54.0 Å². The van der Waals surface area contributed by atoms with Gasteiger partial charge in [0.05, 0.1) is 35.0 Å². The zero-order valence-corrected chi connectivity index (χ0v) is 23.7. The van der Waals surface area contributed by atoms with Crippen molar-refractivity contribution >= 4 is 0 Å². The SMILES string of the molecule is COc1cc(C2CCC3C(c4cc(OC)c(OC5OC(CO)C(O)C(O)C5O)c(OC)c4)CCC23)cc(OC)c1O. The molecular formula is C30H40O11. The van der Waals surface area contributed by atoms with Crippen molar-refractivity contribution in [2.75, 3.05) is 35.0 Å². The van der Waals surface area contributed by atoms with Gasteiger partial charge in [-0.2, -0.15) is 0 Å². The third-order valence-corrected chi connectivity index (χ3v) is 9.13. The molecular weight excluding hydrogens is 536 g/mol. The number of fused-ring (bicyclic) bond motifs is 1. The van der Waals surface area contributed by atoms with Crippen molar-refractivity contribution in [1.82, 2.24) is 0 Å². The predicted molar refractivity (Wildman–Crippen MR) is 146 cm³/mol. The fourth-order valence-electron chi connectivity index (χ4n) is 7.07. The lowest BCUT2D eigenvalue weighted by Crippen LogP contribution is -2.60. The van der Waals surface area contributed by atoms with E-state index in [9.17, 15) is 25.5 Å². The Hall–Kier alpha value is -2.96. The van der Waals surface area contributed by atoms with Crippen molar-refractivity contribution in [3.05, 3.63) is 35.4 Å². The van der Waals surface area contributed by atoms with Crippen molar-refractivity contribution in [3.8, 4) is 34.5 Å². The summed E-state index contributed by atoms with van der Waals surface area (Å²) in [5, 5.41) is 50.7. The smallest absolute Gasteiger partial charge is 0.229 e. The number of aliphatic hydroxyl groups is 4. The second kappa shape index (κ2) is 12.1. The number of phenols is 1. The third-order valence-electron chi connectivity index (χ3n) is 9.13. The Morgan fingerprint density at radius 2 is 1.15 bits per heavy atom. The highest BCUT2D eigenvalue weighted by Crippen LogP contribution is 2.59. The van der Waals surface area contributed by atoms with Crippen LogP contribution in [0.15, 0.2) is 24.3 Å². The zero-order chi connectivity index (χ0) is 29.4. The van der Waals surface area contributed by atoms with Crippen LogP contribution in [0.25, 0.3) is 0 Å². The quantitative estimate of drug-likeness (QED) is 0.298. The summed E-state index contributed by atoms with van der Waals surface area (Å²) >= 11 is 0. The van der Waals surface area contributed by atoms with E-state index < -0.39 is 37.3 Å². The van der Waals surface area contributed by atoms with Gasteiger partial charge in [0.2, 0.25) is 17.8 Å². The van der Waals surface area contributed by atoms with Crippen LogP contribution in [-0.4, -0.2) is 91.3 Å². The first kappa shape index (κ1) is 29.5. The van der Waals surface area contributed by atoms with Gasteiger partial charge >= 0.3 is 0 Å². The molecule has 0 amide bonds. The summed E-state index contributed by atoms with van der Waals surface area (Å²) in [5.41, 5.74) is 2.15. The highest BCUT2D eigenvalue weighted by Gasteiger charge is 2.47. The minimum absolute atomic E-state index is 0.00260. The molecule has 3 fully saturated rings. The van der Waals surface area contributed by atoms with Crippen molar-refractivity contribution in [3.63, 3.8) is 0 Å². The second-order valence-corrected chi connectivity index (χ2v) is 11.0. The highest BCUT2D eigenvalue weighted by molar-refractivity contribution is 5.56. The molecule has 0 spiro atoms. The van der Waals surface area contributed by atoms with Gasteiger partial charge in [0, 0.05) is 0 Å². The molecule has 3 aliphatic rings. The van der Waals surface area contributed by atoms with E-state index in [4.69, 9.17) is 28.4 Å². The molecule has 226 valence electrons. The molecule has 0 bridgehead atoms. The van der Waals surface area contributed by atoms with E-state index in [1.54, 1.807) is 0 Å². The van der Waals surface area contributed by atoms with Gasteiger partial charge in [-0.3, -0.25) is 0 Å². The van der Waals surface area contributed by atoms with Gasteiger partial charge in [0.1, 0.15) is 24.4 Å². The Kier molecular flexibility index (Phi) is 8.72. The van der Waals surface area contributed by atoms with Crippen LogP contribution in [0.2, 0.25) is 0 Å². The van der Waals surface area contributed by atoms with E-state index in [1.807, 2.05) is 24.3 Å². The van der Waals surface area contributed by atoms with Crippen molar-refractivity contribution in [1.29, 1.82) is 0 Å². The lowest BCUT2D eigenvalue weighted by Gasteiger charge is -2.39. The van der Waals surface area contributed by atoms with E-state index in [0.29, 0.717) is 40.8 Å². The van der Waals surface area contributed by atoms with Crippen LogP contribution in [0, 0.1) is 11.8 Å². The lowest BCUT2D eigenvalue weighted by atomic mass is 9.83. The summed E-state index contributed by atoms with van der Waals surface area (Å²) in [4.78, 5) is 0. The highest BCUT2D eigenvalue weighted by atomic mass is 16.7. The maximum atomic E-state index is 10.5. The van der Waals surface area contributed by atoms with Crippen LogP contribution >= 0.6 is 0 Å². The van der Waals surface area contributed by atoms with Gasteiger partial charge in [0.25, 0.3) is 0 Å². The van der Waals surface area contributed by atoms with E-state index in [0.717, 1.165) is 36.8 Å². The number of ether oxygens (including phenoxy) is 6. The monoisotopic (exact) mass is 576 g/mol. The van der Waals surface area contributed by atoms with Crippen LogP contribution in [0.5, 0.6) is 34.5 Å². The summed E-state index contributed by atoms with van der Waals surface area (Å²) in [6.45, 7) is -0.563. The number of rotatable bonds is 9. The molecule has 5 rings (SSSR count). The number of methoxy groups -OCH3 is 4. The van der Waals surface area contributed by atoms with Crippen molar-refractivity contribution in [2.24, 2.45) is 11.8 Å². The van der Waals surface area contributed by atoms with Crippen LogP contribution < -0.4 is 23.7 Å². The maximum absolute atomic E-state index is 10.5. The van der Waals surface area contributed by atoms with Gasteiger partial charge < -0.3 is 54.0 Å². The van der Waals surface area contributed by atoms with Crippen LogP contribution in [0.1, 0.15) is 48.6 Å². The Morgan fingerprint density at radius 3 is 1.59 bits per heavy atom. The van der Waals surface area contributed by atoms with Gasteiger partial charge in [-0.05, 0) is 84.7 Å². The molecule has 2 aromatic carbocycles. The minimum Gasteiger partial charge on any atom is -0.502 e. The summed E-state index contributed by atoms with van der Waals surface area (Å²) in [6.07, 6.45) is -3.02. The number of hydrogen-bond acceptors (Lipinski definition) is 11. The average Bonchev–Trinajstić information content (AvgIpc) is 3.60. The fourth-order valence-corrected chi connectivity index (χ4v) is 7.07. The minimum atomic E-state index is -1.57. The number of hydrogen-bond donors (Lipinski definition) is 5. The molecule has 2 saturated carbocycles. The normalized spacial score (nSPS) is 32.8. The van der Waals surface area contributed by atoms with Crippen LogP contribution in [-0.2, 0) is 4.74 Å². The lowest BCUT2D eigenvalue weighted by molar-refractivity contribution is -0.277. The Morgan fingerprint density at radius 1 is 0.683 bits per heavy atom. The van der Waals surface area contributed by atoms with E-state index in [2.05, 4.69) is 0 Å². The Bertz CT molecular complexity index is 1170. The first-order chi connectivity index (χ1) is 19.8. The van der Waals surface area contributed by atoms with Crippen molar-refractivity contribution in [2.45, 2.75) is 68.2 Å². The Labute approximate surface area is 239 Å². The fraction of sp³-hybridized carbons (Fsp3) is 0.600.